The summed E-state index contributed by atoms with van der Waals surface area (Å²) in [5, 5.41) is 8.11. The molecule has 1 heterocycles. The highest BCUT2D eigenvalue weighted by molar-refractivity contribution is 7.11. The number of benzene rings is 1. The number of para-hydroxylation sites is 1. The molecule has 0 aliphatic carbocycles. The van der Waals surface area contributed by atoms with Gasteiger partial charge in [0.25, 0.3) is 0 Å². The smallest absolute Gasteiger partial charge is 0.191 e. The molecule has 124 valence electrons. The van der Waals surface area contributed by atoms with Gasteiger partial charge in [0.1, 0.15) is 17.4 Å². The molecule has 2 N–H and O–H groups in total. The molecule has 0 bridgehead atoms. The number of nitrogens with zero attached hydrogens (tertiary/aromatic N) is 2. The summed E-state index contributed by atoms with van der Waals surface area (Å²) in [5.74, 6) is 1.41. The van der Waals surface area contributed by atoms with Gasteiger partial charge >= 0.3 is 0 Å². The van der Waals surface area contributed by atoms with Crippen LogP contribution in [-0.2, 0) is 13.0 Å². The Hall–Kier alpha value is -1.79. The van der Waals surface area contributed by atoms with Crippen LogP contribution in [0.3, 0.4) is 0 Å². The van der Waals surface area contributed by atoms with Crippen LogP contribution in [0.15, 0.2) is 35.5 Å². The van der Waals surface area contributed by atoms with Crippen LogP contribution in [0, 0.1) is 0 Å². The van der Waals surface area contributed by atoms with Crippen molar-refractivity contribution in [1.29, 1.82) is 0 Å². The fourth-order valence-electron chi connectivity index (χ4n) is 1.87. The number of aromatic nitrogens is 1. The van der Waals surface area contributed by atoms with Crippen LogP contribution in [0.4, 0.5) is 0 Å². The molecule has 1 aromatic carbocycles. The molecule has 2 rings (SSSR count). The van der Waals surface area contributed by atoms with E-state index in [9.17, 15) is 0 Å². The first-order valence-corrected chi connectivity index (χ1v) is 8.67. The maximum Gasteiger partial charge on any atom is 0.191 e. The molecule has 0 saturated heterocycles. The van der Waals surface area contributed by atoms with Crippen molar-refractivity contribution in [3.8, 4) is 5.75 Å². The van der Waals surface area contributed by atoms with Crippen molar-refractivity contribution in [2.75, 3.05) is 20.2 Å². The van der Waals surface area contributed by atoms with E-state index in [0.29, 0.717) is 30.5 Å². The maximum absolute atomic E-state index is 6.04. The van der Waals surface area contributed by atoms with Crippen molar-refractivity contribution in [3.63, 3.8) is 0 Å². The van der Waals surface area contributed by atoms with Crippen LogP contribution in [0.5, 0.6) is 5.75 Å². The minimum Gasteiger partial charge on any atom is -0.490 e. The molecule has 0 spiro atoms. The van der Waals surface area contributed by atoms with E-state index in [-0.39, 0.29) is 0 Å². The highest BCUT2D eigenvalue weighted by Gasteiger charge is 2.03. The van der Waals surface area contributed by atoms with Gasteiger partial charge < -0.3 is 15.4 Å². The lowest BCUT2D eigenvalue weighted by atomic mass is 10.3. The van der Waals surface area contributed by atoms with E-state index in [4.69, 9.17) is 16.3 Å². The number of ether oxygens (including phenoxy) is 1. The van der Waals surface area contributed by atoms with E-state index >= 15 is 0 Å². The van der Waals surface area contributed by atoms with Crippen LogP contribution in [-0.4, -0.2) is 31.1 Å². The third-order valence-electron chi connectivity index (χ3n) is 3.07. The molecule has 0 aliphatic heterocycles. The monoisotopic (exact) mass is 352 g/mol. The first-order chi connectivity index (χ1) is 11.2. The summed E-state index contributed by atoms with van der Waals surface area (Å²) in [5.41, 5.74) is 0. The van der Waals surface area contributed by atoms with Gasteiger partial charge in [0, 0.05) is 18.1 Å². The number of halogens is 1. The Balaban J connectivity index is 1.70. The van der Waals surface area contributed by atoms with Gasteiger partial charge in [0.15, 0.2) is 5.96 Å². The Bertz CT molecular complexity index is 645. The van der Waals surface area contributed by atoms with Crippen LogP contribution in [0.1, 0.15) is 16.8 Å². The van der Waals surface area contributed by atoms with Gasteiger partial charge in [0.2, 0.25) is 0 Å². The molecule has 2 aromatic rings. The van der Waals surface area contributed by atoms with Crippen LogP contribution < -0.4 is 15.4 Å². The average Bonchev–Trinajstić information content (AvgIpc) is 3.04. The molecule has 0 amide bonds. The first kappa shape index (κ1) is 17.6. The van der Waals surface area contributed by atoms with Gasteiger partial charge in [-0.3, -0.25) is 4.99 Å². The number of hydrogen-bond acceptors (Lipinski definition) is 4. The zero-order chi connectivity index (χ0) is 16.5. The molecule has 23 heavy (non-hydrogen) atoms. The van der Waals surface area contributed by atoms with E-state index in [1.54, 1.807) is 18.4 Å². The fourth-order valence-corrected chi connectivity index (χ4v) is 2.86. The van der Waals surface area contributed by atoms with Crippen molar-refractivity contribution in [2.45, 2.75) is 19.9 Å². The zero-order valence-electron chi connectivity index (χ0n) is 13.3. The summed E-state index contributed by atoms with van der Waals surface area (Å²) in [4.78, 5) is 9.84. The van der Waals surface area contributed by atoms with Crippen molar-refractivity contribution < 1.29 is 4.74 Å². The Morgan fingerprint density at radius 1 is 1.35 bits per heavy atom. The molecule has 1 aromatic heterocycles. The topological polar surface area (TPSA) is 58.5 Å². The number of aliphatic imine (C=N–C) groups is 1. The van der Waals surface area contributed by atoms with Crippen molar-refractivity contribution in [1.82, 2.24) is 15.6 Å². The molecule has 0 fully saturated rings. The van der Waals surface area contributed by atoms with E-state index in [1.807, 2.05) is 30.5 Å². The first-order valence-electron chi connectivity index (χ1n) is 7.48. The summed E-state index contributed by atoms with van der Waals surface area (Å²) >= 11 is 7.75. The second-order valence-electron chi connectivity index (χ2n) is 4.71. The van der Waals surface area contributed by atoms with Gasteiger partial charge in [-0.1, -0.05) is 30.7 Å². The Morgan fingerprint density at radius 3 is 2.87 bits per heavy atom. The maximum atomic E-state index is 6.04. The van der Waals surface area contributed by atoms with E-state index in [1.165, 1.54) is 4.88 Å². The SMILES string of the molecule is CCc1cnc(CNC(=NC)NCCOc2ccccc2Cl)s1. The number of thiazole rings is 1. The van der Waals surface area contributed by atoms with Crippen molar-refractivity contribution in [3.05, 3.63) is 45.4 Å². The van der Waals surface area contributed by atoms with Crippen LogP contribution >= 0.6 is 22.9 Å². The number of guanidine groups is 1. The summed E-state index contributed by atoms with van der Waals surface area (Å²) in [6, 6.07) is 7.43. The standard InChI is InChI=1S/C16H21ClN4OS/c1-3-12-10-20-15(23-12)11-21-16(18-2)19-8-9-22-14-7-5-4-6-13(14)17/h4-7,10H,3,8-9,11H2,1-2H3,(H2,18,19,21). The van der Waals surface area contributed by atoms with E-state index in [2.05, 4.69) is 27.5 Å². The summed E-state index contributed by atoms with van der Waals surface area (Å²) < 4.78 is 5.62. The average molecular weight is 353 g/mol. The molecule has 0 atom stereocenters. The minimum absolute atomic E-state index is 0.502. The summed E-state index contributed by atoms with van der Waals surface area (Å²) in [6.07, 6.45) is 2.94. The van der Waals surface area contributed by atoms with Gasteiger partial charge in [-0.2, -0.15) is 0 Å². The van der Waals surface area contributed by atoms with Crippen LogP contribution in [0.25, 0.3) is 0 Å². The molecule has 0 aliphatic rings. The predicted molar refractivity (Wildman–Crippen MR) is 96.6 cm³/mol. The third kappa shape index (κ3) is 5.73. The Labute approximate surface area is 145 Å². The van der Waals surface area contributed by atoms with Gasteiger partial charge in [0.05, 0.1) is 18.1 Å². The van der Waals surface area contributed by atoms with Gasteiger partial charge in [-0.05, 0) is 18.6 Å². The highest BCUT2D eigenvalue weighted by atomic mass is 35.5. The summed E-state index contributed by atoms with van der Waals surface area (Å²) in [6.45, 7) is 3.92. The number of nitrogens with one attached hydrogen (secondary N) is 2. The molecular weight excluding hydrogens is 332 g/mol. The third-order valence-corrected chi connectivity index (χ3v) is 4.52. The second-order valence-corrected chi connectivity index (χ2v) is 6.31. The van der Waals surface area contributed by atoms with Crippen LogP contribution in [0.2, 0.25) is 5.02 Å². The number of hydrogen-bond donors (Lipinski definition) is 2. The fraction of sp³-hybridized carbons (Fsp3) is 0.375. The van der Waals surface area contributed by atoms with E-state index in [0.717, 1.165) is 17.4 Å². The minimum atomic E-state index is 0.502. The quantitative estimate of drug-likeness (QED) is 0.456. The van der Waals surface area contributed by atoms with Crippen molar-refractivity contribution in [2.24, 2.45) is 4.99 Å². The molecule has 0 saturated carbocycles. The number of rotatable bonds is 7. The Kier molecular flexibility index (Phi) is 7.16. The largest absolute Gasteiger partial charge is 0.490 e. The molecule has 7 heteroatoms. The van der Waals surface area contributed by atoms with Crippen molar-refractivity contribution >= 4 is 28.9 Å². The predicted octanol–water partition coefficient (Wildman–Crippen LogP) is 3.10. The lowest BCUT2D eigenvalue weighted by Crippen LogP contribution is -2.38. The number of aryl methyl sites for hydroxylation is 1. The van der Waals surface area contributed by atoms with E-state index < -0.39 is 0 Å². The van der Waals surface area contributed by atoms with Gasteiger partial charge in [-0.15, -0.1) is 11.3 Å². The molecule has 0 unspecified atom stereocenters. The Morgan fingerprint density at radius 2 is 2.17 bits per heavy atom. The summed E-state index contributed by atoms with van der Waals surface area (Å²) in [7, 11) is 1.74. The highest BCUT2D eigenvalue weighted by Crippen LogP contribution is 2.22. The molecular formula is C16H21ClN4OS. The zero-order valence-corrected chi connectivity index (χ0v) is 14.9. The molecule has 5 nitrogen and oxygen atoms in total. The lowest BCUT2D eigenvalue weighted by molar-refractivity contribution is 0.322. The second kappa shape index (κ2) is 9.37. The van der Waals surface area contributed by atoms with Gasteiger partial charge in [-0.25, -0.2) is 4.98 Å². The lowest BCUT2D eigenvalue weighted by Gasteiger charge is -2.12. The normalized spacial score (nSPS) is 11.3. The molecule has 0 radical (unpaired) electrons.